The second kappa shape index (κ2) is 6.62. The number of nitrogens with two attached hydrogens (primary N) is 1. The van der Waals surface area contributed by atoms with Gasteiger partial charge < -0.3 is 10.6 Å². The van der Waals surface area contributed by atoms with Crippen molar-refractivity contribution >= 4 is 28.9 Å². The maximum Gasteiger partial charge on any atom is 0.223 e. The number of carbonyl (C=O) groups excluding carboxylic acids is 1. The van der Waals surface area contributed by atoms with Gasteiger partial charge in [0.2, 0.25) is 12.4 Å². The summed E-state index contributed by atoms with van der Waals surface area (Å²) < 4.78 is 15.2. The fraction of sp³-hybridized carbons (Fsp3) is 0.412. The lowest BCUT2D eigenvalue weighted by Crippen LogP contribution is -2.27. The van der Waals surface area contributed by atoms with Crippen LogP contribution in [-0.4, -0.2) is 44.0 Å². The summed E-state index contributed by atoms with van der Waals surface area (Å²) in [6.45, 7) is 3.78. The van der Waals surface area contributed by atoms with E-state index >= 15 is 0 Å². The van der Waals surface area contributed by atoms with Gasteiger partial charge in [-0.1, -0.05) is 0 Å². The number of benzene rings is 1. The van der Waals surface area contributed by atoms with Crippen LogP contribution < -0.4 is 5.73 Å². The molecule has 3 aromatic rings. The number of nitrogens with zero attached hydrogens (tertiary/aromatic N) is 5. The summed E-state index contributed by atoms with van der Waals surface area (Å²) in [6, 6.07) is 2.98. The van der Waals surface area contributed by atoms with Crippen LogP contribution in [0, 0.1) is 12.7 Å². The molecule has 0 fully saturated rings. The van der Waals surface area contributed by atoms with Crippen molar-refractivity contribution in [2.75, 3.05) is 12.8 Å². The second-order valence-corrected chi connectivity index (χ2v) is 6.36. The highest BCUT2D eigenvalue weighted by Gasteiger charge is 2.15. The highest BCUT2D eigenvalue weighted by atomic mass is 19.1. The molecule has 0 saturated carbocycles. The molecule has 2 heterocycles. The molecule has 0 bridgehead atoms. The number of carbonyl (C=O) groups is 1. The van der Waals surface area contributed by atoms with Gasteiger partial charge in [0.25, 0.3) is 0 Å². The minimum Gasteiger partial charge on any atom is -0.368 e. The summed E-state index contributed by atoms with van der Waals surface area (Å²) in [5.74, 6) is 0.516. The van der Waals surface area contributed by atoms with E-state index in [0.717, 1.165) is 19.3 Å². The predicted octanol–water partition coefficient (Wildman–Crippen LogP) is 2.11. The van der Waals surface area contributed by atoms with Gasteiger partial charge in [0.15, 0.2) is 11.5 Å². The number of hydrogen-bond acceptors (Lipinski definition) is 5. The molecule has 0 aliphatic rings. The van der Waals surface area contributed by atoms with Crippen LogP contribution in [-0.2, 0) is 11.2 Å². The highest BCUT2D eigenvalue weighted by Crippen LogP contribution is 2.24. The Labute approximate surface area is 144 Å². The standard InChI is InChI=1S/C17H21FN6O/c1-10-7-12(18)8-13-15(10)21-17(19)24-16(13)20-14(22-24)6-4-5-11(2)23(3)9-25/h7-9,11H,4-6H2,1-3H3,(H2,19,21)/t11-/m0/s1. The lowest BCUT2D eigenvalue weighted by Gasteiger charge is -2.19. The molecule has 0 saturated heterocycles. The fourth-order valence-corrected chi connectivity index (χ4v) is 2.87. The maximum atomic E-state index is 13.8. The van der Waals surface area contributed by atoms with Crippen LogP contribution in [0.4, 0.5) is 10.3 Å². The minimum absolute atomic E-state index is 0.152. The minimum atomic E-state index is -0.339. The number of hydrogen-bond donors (Lipinski definition) is 1. The molecule has 132 valence electrons. The van der Waals surface area contributed by atoms with Crippen LogP contribution in [0.1, 0.15) is 31.2 Å². The molecule has 0 aliphatic carbocycles. The van der Waals surface area contributed by atoms with E-state index in [1.54, 1.807) is 18.9 Å². The Morgan fingerprint density at radius 2 is 2.16 bits per heavy atom. The summed E-state index contributed by atoms with van der Waals surface area (Å²) in [4.78, 5) is 21.3. The van der Waals surface area contributed by atoms with Gasteiger partial charge in [-0.2, -0.15) is 4.52 Å². The van der Waals surface area contributed by atoms with Gasteiger partial charge in [0, 0.05) is 24.9 Å². The van der Waals surface area contributed by atoms with Gasteiger partial charge in [-0.05, 0) is 44.4 Å². The average molecular weight is 344 g/mol. The smallest absolute Gasteiger partial charge is 0.223 e. The van der Waals surface area contributed by atoms with Crippen molar-refractivity contribution in [3.8, 4) is 0 Å². The molecule has 8 heteroatoms. The van der Waals surface area contributed by atoms with Gasteiger partial charge >= 0.3 is 0 Å². The van der Waals surface area contributed by atoms with Crippen molar-refractivity contribution in [1.82, 2.24) is 24.5 Å². The van der Waals surface area contributed by atoms with Crippen molar-refractivity contribution in [1.29, 1.82) is 0 Å². The molecule has 1 atom stereocenters. The van der Waals surface area contributed by atoms with Gasteiger partial charge in [-0.3, -0.25) is 4.79 Å². The Bertz CT molecular complexity index is 938. The Morgan fingerprint density at radius 3 is 2.88 bits per heavy atom. The molecule has 2 aromatic heterocycles. The fourth-order valence-electron chi connectivity index (χ4n) is 2.87. The summed E-state index contributed by atoms with van der Waals surface area (Å²) in [5.41, 5.74) is 7.84. The Hall–Kier alpha value is -2.77. The first-order chi connectivity index (χ1) is 11.9. The van der Waals surface area contributed by atoms with E-state index in [1.165, 1.54) is 16.6 Å². The van der Waals surface area contributed by atoms with E-state index in [2.05, 4.69) is 15.1 Å². The first kappa shape index (κ1) is 17.1. The van der Waals surface area contributed by atoms with Crippen LogP contribution in [0.25, 0.3) is 16.6 Å². The zero-order valence-electron chi connectivity index (χ0n) is 14.5. The molecule has 0 spiro atoms. The van der Waals surface area contributed by atoms with Crippen molar-refractivity contribution in [3.63, 3.8) is 0 Å². The monoisotopic (exact) mass is 344 g/mol. The van der Waals surface area contributed by atoms with Crippen LogP contribution >= 0.6 is 0 Å². The molecular formula is C17H21FN6O. The van der Waals surface area contributed by atoms with Crippen molar-refractivity contribution < 1.29 is 9.18 Å². The highest BCUT2D eigenvalue weighted by molar-refractivity contribution is 5.94. The Balaban J connectivity index is 1.90. The first-order valence-corrected chi connectivity index (χ1v) is 8.19. The number of aromatic nitrogens is 4. The number of nitrogen functional groups attached to an aromatic ring is 1. The van der Waals surface area contributed by atoms with Crippen LogP contribution in [0.3, 0.4) is 0 Å². The number of fused-ring (bicyclic) bond motifs is 3. The molecule has 1 aromatic carbocycles. The van der Waals surface area contributed by atoms with Gasteiger partial charge in [0.05, 0.1) is 5.52 Å². The predicted molar refractivity (Wildman–Crippen MR) is 93.6 cm³/mol. The molecule has 2 N–H and O–H groups in total. The van der Waals surface area contributed by atoms with Crippen molar-refractivity contribution in [3.05, 3.63) is 29.3 Å². The SMILES string of the molecule is Cc1cc(F)cc2c1nc(N)n1nc(CCC[C@H](C)N(C)C=O)nc21. The van der Waals surface area contributed by atoms with Gasteiger partial charge in [-0.25, -0.2) is 14.4 Å². The number of aryl methyl sites for hydroxylation is 2. The number of amides is 1. The van der Waals surface area contributed by atoms with Crippen LogP contribution in [0.15, 0.2) is 12.1 Å². The molecule has 7 nitrogen and oxygen atoms in total. The largest absolute Gasteiger partial charge is 0.368 e. The summed E-state index contributed by atoms with van der Waals surface area (Å²) in [7, 11) is 1.76. The quantitative estimate of drug-likeness (QED) is 0.692. The summed E-state index contributed by atoms with van der Waals surface area (Å²) in [5, 5.41) is 4.99. The lowest BCUT2D eigenvalue weighted by molar-refractivity contribution is -0.118. The zero-order valence-corrected chi connectivity index (χ0v) is 14.5. The van der Waals surface area contributed by atoms with E-state index in [0.29, 0.717) is 34.4 Å². The topological polar surface area (TPSA) is 89.4 Å². The second-order valence-electron chi connectivity index (χ2n) is 6.36. The van der Waals surface area contributed by atoms with E-state index < -0.39 is 0 Å². The third kappa shape index (κ3) is 3.24. The molecule has 0 radical (unpaired) electrons. The number of rotatable bonds is 6. The molecule has 3 rings (SSSR count). The first-order valence-electron chi connectivity index (χ1n) is 8.19. The van der Waals surface area contributed by atoms with E-state index in [4.69, 9.17) is 5.73 Å². The van der Waals surface area contributed by atoms with Gasteiger partial charge in [0.1, 0.15) is 5.82 Å². The normalized spacial score (nSPS) is 12.6. The van der Waals surface area contributed by atoms with E-state index in [9.17, 15) is 9.18 Å². The van der Waals surface area contributed by atoms with Crippen LogP contribution in [0.2, 0.25) is 0 Å². The molecular weight excluding hydrogens is 323 g/mol. The molecule has 25 heavy (non-hydrogen) atoms. The third-order valence-corrected chi connectivity index (χ3v) is 4.48. The molecule has 0 unspecified atom stereocenters. The Morgan fingerprint density at radius 1 is 1.40 bits per heavy atom. The summed E-state index contributed by atoms with van der Waals surface area (Å²) in [6.07, 6.45) is 3.14. The summed E-state index contributed by atoms with van der Waals surface area (Å²) >= 11 is 0. The zero-order chi connectivity index (χ0) is 18.1. The van der Waals surface area contributed by atoms with Crippen molar-refractivity contribution in [2.24, 2.45) is 0 Å². The number of halogens is 1. The van der Waals surface area contributed by atoms with Crippen molar-refractivity contribution in [2.45, 2.75) is 39.2 Å². The Kier molecular flexibility index (Phi) is 4.52. The maximum absolute atomic E-state index is 13.8. The molecule has 0 aliphatic heterocycles. The number of anilines is 1. The molecule has 1 amide bonds. The van der Waals surface area contributed by atoms with E-state index in [-0.39, 0.29) is 17.8 Å². The third-order valence-electron chi connectivity index (χ3n) is 4.48. The van der Waals surface area contributed by atoms with Gasteiger partial charge in [-0.15, -0.1) is 5.10 Å². The average Bonchev–Trinajstić information content (AvgIpc) is 3.00. The van der Waals surface area contributed by atoms with E-state index in [1.807, 2.05) is 6.92 Å². The lowest BCUT2D eigenvalue weighted by atomic mass is 10.1. The van der Waals surface area contributed by atoms with Crippen LogP contribution in [0.5, 0.6) is 0 Å².